The quantitative estimate of drug-likeness (QED) is 0.845. The molecule has 4 nitrogen and oxygen atoms in total. The van der Waals surface area contributed by atoms with E-state index >= 15 is 0 Å². The van der Waals surface area contributed by atoms with Gasteiger partial charge in [-0.2, -0.15) is 13.1 Å². The maximum atomic E-state index is 11.6. The van der Waals surface area contributed by atoms with Crippen LogP contribution in [0.25, 0.3) is 0 Å². The molecule has 0 radical (unpaired) electrons. The number of hydrogen-bond acceptors (Lipinski definition) is 2. The number of rotatable bonds is 6. The zero-order chi connectivity index (χ0) is 12.9. The molecule has 1 unspecified atom stereocenters. The van der Waals surface area contributed by atoms with Crippen molar-refractivity contribution in [3.63, 3.8) is 0 Å². The van der Waals surface area contributed by atoms with Gasteiger partial charge in [0.2, 0.25) is 0 Å². The molecule has 96 valence electrons. The van der Waals surface area contributed by atoms with Gasteiger partial charge in [-0.3, -0.25) is 0 Å². The first-order chi connectivity index (χ1) is 7.94. The van der Waals surface area contributed by atoms with Crippen molar-refractivity contribution < 1.29 is 8.42 Å². The number of hydrogen-bond donors (Lipinski definition) is 2. The minimum Gasteiger partial charge on any atom is -0.202 e. The van der Waals surface area contributed by atoms with Gasteiger partial charge in [0.05, 0.1) is 0 Å². The van der Waals surface area contributed by atoms with Crippen LogP contribution in [0.5, 0.6) is 0 Å². The van der Waals surface area contributed by atoms with Gasteiger partial charge in [0.15, 0.2) is 0 Å². The topological polar surface area (TPSA) is 58.2 Å². The van der Waals surface area contributed by atoms with Gasteiger partial charge in [0.25, 0.3) is 10.2 Å². The van der Waals surface area contributed by atoms with Crippen LogP contribution in [0.3, 0.4) is 0 Å². The van der Waals surface area contributed by atoms with Crippen molar-refractivity contribution in [2.45, 2.75) is 26.3 Å². The molecule has 0 saturated carbocycles. The third-order valence-corrected chi connectivity index (χ3v) is 3.96. The van der Waals surface area contributed by atoms with E-state index in [1.54, 1.807) is 0 Å². The van der Waals surface area contributed by atoms with Gasteiger partial charge in [0.1, 0.15) is 0 Å². The predicted molar refractivity (Wildman–Crippen MR) is 72.9 cm³/mol. The van der Waals surface area contributed by atoms with Gasteiger partial charge in [-0.1, -0.05) is 35.0 Å². The maximum Gasteiger partial charge on any atom is 0.277 e. The van der Waals surface area contributed by atoms with Crippen LogP contribution >= 0.6 is 15.9 Å². The molecule has 0 amide bonds. The summed E-state index contributed by atoms with van der Waals surface area (Å²) in [7, 11) is -3.42. The van der Waals surface area contributed by atoms with Crippen LogP contribution in [-0.4, -0.2) is 15.0 Å². The second kappa shape index (κ2) is 6.49. The normalized spacial score (nSPS) is 13.6. The Morgan fingerprint density at radius 3 is 2.71 bits per heavy atom. The Morgan fingerprint density at radius 2 is 2.12 bits per heavy atom. The lowest BCUT2D eigenvalue weighted by Crippen LogP contribution is -2.38. The lowest BCUT2D eigenvalue weighted by atomic mass is 10.1. The molecule has 0 heterocycles. The first-order valence-corrected chi connectivity index (χ1v) is 7.74. The number of nitrogens with one attached hydrogen (secondary N) is 2. The minimum absolute atomic E-state index is 0.262. The molecule has 0 fully saturated rings. The first kappa shape index (κ1) is 14.6. The first-order valence-electron chi connectivity index (χ1n) is 5.47. The third kappa shape index (κ3) is 5.16. The largest absolute Gasteiger partial charge is 0.277 e. The highest BCUT2D eigenvalue weighted by atomic mass is 79.9. The van der Waals surface area contributed by atoms with Crippen molar-refractivity contribution in [1.29, 1.82) is 0 Å². The standard InChI is InChI=1S/C11H17BrN2O2S/c1-3-7-13-17(15,16)14-9(2)10-5-4-6-11(12)8-10/h4-6,8-9,13-14H,3,7H2,1-2H3. The summed E-state index contributed by atoms with van der Waals surface area (Å²) in [5, 5.41) is 0. The zero-order valence-corrected chi connectivity index (χ0v) is 12.3. The molecule has 1 atom stereocenters. The zero-order valence-electron chi connectivity index (χ0n) is 9.90. The van der Waals surface area contributed by atoms with E-state index in [9.17, 15) is 8.42 Å². The van der Waals surface area contributed by atoms with Crippen molar-refractivity contribution >= 4 is 26.1 Å². The summed E-state index contributed by atoms with van der Waals surface area (Å²) in [5.41, 5.74) is 0.918. The summed E-state index contributed by atoms with van der Waals surface area (Å²) in [6, 6.07) is 7.30. The fourth-order valence-electron chi connectivity index (χ4n) is 1.35. The lowest BCUT2D eigenvalue weighted by molar-refractivity contribution is 0.551. The van der Waals surface area contributed by atoms with Gasteiger partial charge in [-0.15, -0.1) is 0 Å². The molecule has 2 N–H and O–H groups in total. The van der Waals surface area contributed by atoms with Crippen molar-refractivity contribution in [1.82, 2.24) is 9.44 Å². The van der Waals surface area contributed by atoms with Gasteiger partial charge in [-0.25, -0.2) is 4.72 Å². The van der Waals surface area contributed by atoms with Crippen molar-refractivity contribution in [2.24, 2.45) is 0 Å². The SMILES string of the molecule is CCCNS(=O)(=O)NC(C)c1cccc(Br)c1. The summed E-state index contributed by atoms with van der Waals surface area (Å²) in [4.78, 5) is 0. The molecule has 1 aromatic rings. The molecular formula is C11H17BrN2O2S. The van der Waals surface area contributed by atoms with E-state index in [1.807, 2.05) is 38.1 Å². The van der Waals surface area contributed by atoms with Crippen molar-refractivity contribution in [2.75, 3.05) is 6.54 Å². The van der Waals surface area contributed by atoms with Crippen molar-refractivity contribution in [3.8, 4) is 0 Å². The molecule has 0 aromatic heterocycles. The highest BCUT2D eigenvalue weighted by Crippen LogP contribution is 2.18. The molecule has 6 heteroatoms. The van der Waals surface area contributed by atoms with E-state index in [0.717, 1.165) is 16.5 Å². The van der Waals surface area contributed by atoms with Crippen LogP contribution in [0.2, 0.25) is 0 Å². The predicted octanol–water partition coefficient (Wildman–Crippen LogP) is 2.34. The Balaban J connectivity index is 2.69. The fourth-order valence-corrected chi connectivity index (χ4v) is 2.93. The van der Waals surface area contributed by atoms with E-state index in [0.29, 0.717) is 6.54 Å². The molecule has 17 heavy (non-hydrogen) atoms. The second-order valence-corrected chi connectivity index (χ2v) is 6.24. The monoisotopic (exact) mass is 320 g/mol. The average Bonchev–Trinajstić information content (AvgIpc) is 2.26. The van der Waals surface area contributed by atoms with Gasteiger partial charge in [-0.05, 0) is 31.0 Å². The van der Waals surface area contributed by atoms with Crippen LogP contribution in [0, 0.1) is 0 Å². The molecule has 0 aliphatic carbocycles. The van der Waals surface area contributed by atoms with Gasteiger partial charge < -0.3 is 0 Å². The molecular weight excluding hydrogens is 304 g/mol. The van der Waals surface area contributed by atoms with Crippen LogP contribution in [0.4, 0.5) is 0 Å². The van der Waals surface area contributed by atoms with E-state index < -0.39 is 10.2 Å². The smallest absolute Gasteiger partial charge is 0.202 e. The Hall–Kier alpha value is -0.430. The van der Waals surface area contributed by atoms with Crippen LogP contribution in [0.15, 0.2) is 28.7 Å². The Labute approximate surface area is 111 Å². The van der Waals surface area contributed by atoms with Crippen LogP contribution in [0.1, 0.15) is 31.9 Å². The Morgan fingerprint density at radius 1 is 1.41 bits per heavy atom. The summed E-state index contributed by atoms with van der Waals surface area (Å²) in [5.74, 6) is 0. The molecule has 0 aliphatic heterocycles. The number of benzene rings is 1. The Kier molecular flexibility index (Phi) is 5.58. The van der Waals surface area contributed by atoms with Gasteiger partial charge >= 0.3 is 0 Å². The Bertz CT molecular complexity index is 462. The van der Waals surface area contributed by atoms with E-state index in [1.165, 1.54) is 0 Å². The molecule has 0 saturated heterocycles. The minimum atomic E-state index is -3.42. The third-order valence-electron chi connectivity index (χ3n) is 2.22. The van der Waals surface area contributed by atoms with E-state index in [4.69, 9.17) is 0 Å². The summed E-state index contributed by atoms with van der Waals surface area (Å²) >= 11 is 3.36. The summed E-state index contributed by atoms with van der Waals surface area (Å²) < 4.78 is 29.2. The fraction of sp³-hybridized carbons (Fsp3) is 0.455. The van der Waals surface area contributed by atoms with E-state index in [-0.39, 0.29) is 6.04 Å². The molecule has 1 aromatic carbocycles. The number of halogens is 1. The van der Waals surface area contributed by atoms with Crippen LogP contribution in [-0.2, 0) is 10.2 Å². The summed E-state index contributed by atoms with van der Waals surface area (Å²) in [6.45, 7) is 4.17. The highest BCUT2D eigenvalue weighted by Gasteiger charge is 2.14. The molecule has 0 bridgehead atoms. The lowest BCUT2D eigenvalue weighted by Gasteiger charge is -2.15. The average molecular weight is 321 g/mol. The van der Waals surface area contributed by atoms with E-state index in [2.05, 4.69) is 25.4 Å². The van der Waals surface area contributed by atoms with Crippen LogP contribution < -0.4 is 9.44 Å². The second-order valence-electron chi connectivity index (χ2n) is 3.79. The highest BCUT2D eigenvalue weighted by molar-refractivity contribution is 9.10. The maximum absolute atomic E-state index is 11.6. The van der Waals surface area contributed by atoms with Gasteiger partial charge in [0, 0.05) is 17.1 Å². The summed E-state index contributed by atoms with van der Waals surface area (Å²) in [6.07, 6.45) is 0.770. The van der Waals surface area contributed by atoms with Crippen molar-refractivity contribution in [3.05, 3.63) is 34.3 Å². The molecule has 0 aliphatic rings. The molecule has 1 rings (SSSR count). The molecule has 0 spiro atoms.